The van der Waals surface area contributed by atoms with Gasteiger partial charge in [-0.05, 0) is 11.5 Å². The van der Waals surface area contributed by atoms with Crippen LogP contribution in [0.15, 0.2) is 42.7 Å². The van der Waals surface area contributed by atoms with Crippen LogP contribution < -0.4 is 4.74 Å². The van der Waals surface area contributed by atoms with Crippen LogP contribution >= 0.6 is 0 Å². The highest BCUT2D eigenvalue weighted by atomic mass is 16.5. The van der Waals surface area contributed by atoms with E-state index in [4.69, 9.17) is 9.84 Å². The van der Waals surface area contributed by atoms with Gasteiger partial charge in [-0.1, -0.05) is 30.3 Å². The third-order valence-electron chi connectivity index (χ3n) is 3.54. The molecule has 20 heavy (non-hydrogen) atoms. The summed E-state index contributed by atoms with van der Waals surface area (Å²) in [5.41, 5.74) is 1.47. The van der Waals surface area contributed by atoms with Crippen LogP contribution in [0.25, 0.3) is 16.5 Å². The molecule has 1 aliphatic rings. The number of fused-ring (bicyclic) bond motifs is 5. The van der Waals surface area contributed by atoms with Gasteiger partial charge < -0.3 is 9.84 Å². The standard InChI is InChI=1S/C15H10N2O3/c18-15(19)13-11-7-20-12-6-5-9-3-1-2-4-10(9)14(12)17(11)8-16-13/h1-6,8H,7H2,(H,18,19). The van der Waals surface area contributed by atoms with Crippen molar-refractivity contribution in [1.29, 1.82) is 0 Å². The lowest BCUT2D eigenvalue weighted by molar-refractivity contribution is 0.0687. The summed E-state index contributed by atoms with van der Waals surface area (Å²) in [5.74, 6) is -0.295. The van der Waals surface area contributed by atoms with E-state index in [2.05, 4.69) is 4.98 Å². The molecule has 2 aromatic carbocycles. The van der Waals surface area contributed by atoms with Gasteiger partial charge in [-0.15, -0.1) is 0 Å². The van der Waals surface area contributed by atoms with Gasteiger partial charge in [0, 0.05) is 5.39 Å². The van der Waals surface area contributed by atoms with Crippen molar-refractivity contribution in [2.75, 3.05) is 0 Å². The Kier molecular flexibility index (Phi) is 2.12. The first-order valence-corrected chi connectivity index (χ1v) is 6.20. The van der Waals surface area contributed by atoms with Crippen molar-refractivity contribution in [2.45, 2.75) is 6.61 Å². The monoisotopic (exact) mass is 266 g/mol. The van der Waals surface area contributed by atoms with Gasteiger partial charge in [0.1, 0.15) is 18.7 Å². The molecule has 0 amide bonds. The van der Waals surface area contributed by atoms with Crippen LogP contribution in [0, 0.1) is 0 Å². The highest BCUT2D eigenvalue weighted by Gasteiger charge is 2.25. The highest BCUT2D eigenvalue weighted by molar-refractivity contribution is 5.94. The molecule has 0 saturated carbocycles. The molecule has 0 unspecified atom stereocenters. The lowest BCUT2D eigenvalue weighted by Crippen LogP contribution is -2.15. The Bertz CT molecular complexity index is 851. The number of hydrogen-bond acceptors (Lipinski definition) is 3. The lowest BCUT2D eigenvalue weighted by atomic mass is 10.1. The number of aromatic carboxylic acids is 1. The second-order valence-electron chi connectivity index (χ2n) is 4.64. The molecule has 0 bridgehead atoms. The number of ether oxygens (including phenoxy) is 1. The third kappa shape index (κ3) is 1.37. The number of benzene rings is 2. The fraction of sp³-hybridized carbons (Fsp3) is 0.0667. The van der Waals surface area contributed by atoms with Crippen molar-refractivity contribution in [3.63, 3.8) is 0 Å². The number of imidazole rings is 1. The number of carboxylic acids is 1. The Morgan fingerprint density at radius 2 is 2.10 bits per heavy atom. The molecule has 5 heteroatoms. The van der Waals surface area contributed by atoms with E-state index in [1.165, 1.54) is 0 Å². The largest absolute Gasteiger partial charge is 0.485 e. The number of carboxylic acid groups (broad SMARTS) is 1. The number of rotatable bonds is 1. The fourth-order valence-electron chi connectivity index (χ4n) is 2.63. The first-order chi connectivity index (χ1) is 9.75. The molecule has 0 atom stereocenters. The van der Waals surface area contributed by atoms with Gasteiger partial charge >= 0.3 is 5.97 Å². The minimum Gasteiger partial charge on any atom is -0.485 e. The first kappa shape index (κ1) is 11.0. The molecule has 1 aliphatic heterocycles. The van der Waals surface area contributed by atoms with Gasteiger partial charge in [-0.25, -0.2) is 9.78 Å². The van der Waals surface area contributed by atoms with Crippen LogP contribution in [0.1, 0.15) is 16.2 Å². The van der Waals surface area contributed by atoms with Crippen molar-refractivity contribution in [1.82, 2.24) is 9.55 Å². The van der Waals surface area contributed by atoms with Crippen LogP contribution in [0.5, 0.6) is 5.75 Å². The Morgan fingerprint density at radius 3 is 2.95 bits per heavy atom. The average molecular weight is 266 g/mol. The summed E-state index contributed by atoms with van der Waals surface area (Å²) in [4.78, 5) is 15.2. The molecule has 0 fully saturated rings. The Labute approximate surface area is 114 Å². The smallest absolute Gasteiger partial charge is 0.356 e. The Hall–Kier alpha value is -2.82. The van der Waals surface area contributed by atoms with E-state index in [-0.39, 0.29) is 12.3 Å². The second kappa shape index (κ2) is 3.84. The summed E-state index contributed by atoms with van der Waals surface area (Å²) in [5, 5.41) is 11.3. The number of nitrogens with zero attached hydrogens (tertiary/aromatic N) is 2. The SMILES string of the molecule is O=C(O)c1ncn2c1COc1ccc3ccccc3c1-2. The molecule has 5 nitrogen and oxygen atoms in total. The molecule has 1 N–H and O–H groups in total. The topological polar surface area (TPSA) is 64.3 Å². The lowest BCUT2D eigenvalue weighted by Gasteiger charge is -2.21. The van der Waals surface area contributed by atoms with Crippen molar-refractivity contribution in [2.24, 2.45) is 0 Å². The molecule has 1 aromatic heterocycles. The normalized spacial score (nSPS) is 12.6. The molecule has 0 saturated heterocycles. The molecule has 0 radical (unpaired) electrons. The van der Waals surface area contributed by atoms with E-state index in [1.807, 2.05) is 41.0 Å². The molecule has 98 valence electrons. The van der Waals surface area contributed by atoms with Gasteiger partial charge in [-0.3, -0.25) is 4.57 Å². The van der Waals surface area contributed by atoms with Gasteiger partial charge in [0.05, 0.1) is 11.4 Å². The minimum atomic E-state index is -1.04. The maximum Gasteiger partial charge on any atom is 0.356 e. The van der Waals surface area contributed by atoms with Crippen LogP contribution in [0.3, 0.4) is 0 Å². The maximum atomic E-state index is 11.2. The van der Waals surface area contributed by atoms with E-state index < -0.39 is 5.97 Å². The van der Waals surface area contributed by atoms with Crippen LogP contribution in [0.4, 0.5) is 0 Å². The second-order valence-corrected chi connectivity index (χ2v) is 4.64. The zero-order valence-electron chi connectivity index (χ0n) is 10.4. The minimum absolute atomic E-state index is 0.0450. The summed E-state index contributed by atoms with van der Waals surface area (Å²) < 4.78 is 7.49. The predicted molar refractivity (Wildman–Crippen MR) is 72.4 cm³/mol. The van der Waals surface area contributed by atoms with Gasteiger partial charge in [-0.2, -0.15) is 0 Å². The summed E-state index contributed by atoms with van der Waals surface area (Å²) >= 11 is 0. The fourth-order valence-corrected chi connectivity index (χ4v) is 2.63. The zero-order valence-corrected chi connectivity index (χ0v) is 10.4. The zero-order chi connectivity index (χ0) is 13.7. The summed E-state index contributed by atoms with van der Waals surface area (Å²) in [6.45, 7) is 0.215. The highest BCUT2D eigenvalue weighted by Crippen LogP contribution is 2.36. The molecular formula is C15H10N2O3. The molecule has 2 heterocycles. The first-order valence-electron chi connectivity index (χ1n) is 6.20. The average Bonchev–Trinajstić information content (AvgIpc) is 2.90. The predicted octanol–water partition coefficient (Wildman–Crippen LogP) is 2.62. The van der Waals surface area contributed by atoms with Crippen molar-refractivity contribution in [3.05, 3.63) is 54.1 Å². The van der Waals surface area contributed by atoms with Crippen molar-refractivity contribution < 1.29 is 14.6 Å². The van der Waals surface area contributed by atoms with E-state index in [1.54, 1.807) is 6.33 Å². The number of aromatic nitrogens is 2. The van der Waals surface area contributed by atoms with E-state index in [9.17, 15) is 4.79 Å². The molecule has 3 aromatic rings. The molecule has 4 rings (SSSR count). The molecular weight excluding hydrogens is 256 g/mol. The summed E-state index contributed by atoms with van der Waals surface area (Å²) in [7, 11) is 0. The molecule has 0 spiro atoms. The van der Waals surface area contributed by atoms with Gasteiger partial charge in [0.25, 0.3) is 0 Å². The van der Waals surface area contributed by atoms with Gasteiger partial charge in [0.2, 0.25) is 0 Å². The third-order valence-corrected chi connectivity index (χ3v) is 3.54. The van der Waals surface area contributed by atoms with Crippen molar-refractivity contribution >= 4 is 16.7 Å². The number of hydrogen-bond donors (Lipinski definition) is 1. The van der Waals surface area contributed by atoms with E-state index in [0.717, 1.165) is 22.2 Å². The van der Waals surface area contributed by atoms with E-state index >= 15 is 0 Å². The van der Waals surface area contributed by atoms with E-state index in [0.29, 0.717) is 5.69 Å². The Balaban J connectivity index is 2.08. The summed E-state index contributed by atoms with van der Waals surface area (Å²) in [6, 6.07) is 11.8. The quantitative estimate of drug-likeness (QED) is 0.735. The van der Waals surface area contributed by atoms with Crippen molar-refractivity contribution in [3.8, 4) is 11.4 Å². The maximum absolute atomic E-state index is 11.2. The number of carbonyl (C=O) groups is 1. The van der Waals surface area contributed by atoms with Crippen LogP contribution in [0.2, 0.25) is 0 Å². The van der Waals surface area contributed by atoms with Gasteiger partial charge in [0.15, 0.2) is 5.69 Å². The Morgan fingerprint density at radius 1 is 1.25 bits per heavy atom. The van der Waals surface area contributed by atoms with Crippen LogP contribution in [-0.2, 0) is 6.61 Å². The van der Waals surface area contributed by atoms with Crippen LogP contribution in [-0.4, -0.2) is 20.6 Å². The summed E-state index contributed by atoms with van der Waals surface area (Å²) in [6.07, 6.45) is 1.55. The molecule has 0 aliphatic carbocycles.